The summed E-state index contributed by atoms with van der Waals surface area (Å²) in [6.45, 7) is 1.32. The summed E-state index contributed by atoms with van der Waals surface area (Å²) in [4.78, 5) is 34.2. The van der Waals surface area contributed by atoms with E-state index < -0.39 is 62.6 Å². The summed E-state index contributed by atoms with van der Waals surface area (Å²) in [5.41, 5.74) is 5.76. The highest BCUT2D eigenvalue weighted by molar-refractivity contribution is 7.89. The first-order valence-corrected chi connectivity index (χ1v) is 14.4. The van der Waals surface area contributed by atoms with Crippen molar-refractivity contribution in [1.82, 2.24) is 23.8 Å². The maximum atomic E-state index is 13.8. The second-order valence-corrected chi connectivity index (χ2v) is 11.3. The highest BCUT2D eigenvalue weighted by Gasteiger charge is 2.46. The van der Waals surface area contributed by atoms with Crippen molar-refractivity contribution in [2.45, 2.75) is 55.6 Å². The average molecular weight is 610 g/mol. The number of benzene rings is 1. The Hall–Kier alpha value is -3.97. The number of nitro groups is 1. The average Bonchev–Trinajstić information content (AvgIpc) is 3.51. The van der Waals surface area contributed by atoms with Gasteiger partial charge in [-0.25, -0.2) is 23.4 Å². The van der Waals surface area contributed by atoms with Crippen LogP contribution in [0.2, 0.25) is 0 Å². The minimum atomic E-state index is -4.40. The highest BCUT2D eigenvalue weighted by atomic mass is 32.2. The number of anilines is 1. The normalized spacial score (nSPS) is 20.7. The number of aliphatic hydroxyl groups excluding tert-OH is 2. The second kappa shape index (κ2) is 12.9. The molecule has 1 fully saturated rings. The predicted octanol–water partition coefficient (Wildman–Crippen LogP) is 0.369. The highest BCUT2D eigenvalue weighted by Crippen LogP contribution is 2.34. The van der Waals surface area contributed by atoms with Crippen molar-refractivity contribution >= 4 is 38.7 Å². The zero-order valence-electron chi connectivity index (χ0n) is 22.8. The number of hydrogen-bond donors (Lipinski definition) is 3. The van der Waals surface area contributed by atoms with Crippen molar-refractivity contribution < 1.29 is 42.6 Å². The Morgan fingerprint density at radius 2 is 2.00 bits per heavy atom. The van der Waals surface area contributed by atoms with Gasteiger partial charge in [0, 0.05) is 25.6 Å². The number of hydrogen-bond acceptors (Lipinski definition) is 14. The van der Waals surface area contributed by atoms with Crippen molar-refractivity contribution in [3.63, 3.8) is 0 Å². The summed E-state index contributed by atoms with van der Waals surface area (Å²) >= 11 is 0. The zero-order valence-corrected chi connectivity index (χ0v) is 23.6. The molecule has 4 rings (SSSR count). The van der Waals surface area contributed by atoms with Crippen molar-refractivity contribution in [2.75, 3.05) is 32.5 Å². The van der Waals surface area contributed by atoms with E-state index in [2.05, 4.69) is 15.0 Å². The van der Waals surface area contributed by atoms with Gasteiger partial charge in [0.2, 0.25) is 10.0 Å². The van der Waals surface area contributed by atoms with Gasteiger partial charge in [0.05, 0.1) is 29.9 Å². The molecule has 0 spiro atoms. The predicted molar refractivity (Wildman–Crippen MR) is 145 cm³/mol. The topological polar surface area (TPSA) is 235 Å². The molecular weight excluding hydrogens is 578 g/mol. The van der Waals surface area contributed by atoms with Crippen molar-refractivity contribution in [1.29, 1.82) is 0 Å². The monoisotopic (exact) mass is 609 g/mol. The van der Waals surface area contributed by atoms with E-state index in [0.29, 0.717) is 0 Å². The van der Waals surface area contributed by atoms with E-state index in [1.54, 1.807) is 6.92 Å². The SMILES string of the molecule is CCOC(=O)CCCCN(C[C@H]1O[C@@H](n2cnc3c(N)ncnc32)[C@H](O)[C@@H]1O)S(=O)(=O)c1ccc(OC)c([N+](=O)[O-])c1. The number of rotatable bonds is 13. The fraction of sp³-hybridized carbons (Fsp3) is 0.500. The molecule has 0 amide bonds. The number of esters is 1. The van der Waals surface area contributed by atoms with E-state index in [9.17, 15) is 33.5 Å². The zero-order chi connectivity index (χ0) is 30.6. The summed E-state index contributed by atoms with van der Waals surface area (Å²) in [5.74, 6) is -0.468. The molecule has 4 N–H and O–H groups in total. The van der Waals surface area contributed by atoms with E-state index in [1.165, 1.54) is 30.4 Å². The molecule has 3 heterocycles. The van der Waals surface area contributed by atoms with Gasteiger partial charge in [-0.1, -0.05) is 0 Å². The number of imidazole rings is 1. The lowest BCUT2D eigenvalue weighted by molar-refractivity contribution is -0.386. The minimum absolute atomic E-state index is 0.0533. The number of nitro benzene ring substituents is 1. The molecule has 17 nitrogen and oxygen atoms in total. The van der Waals surface area contributed by atoms with Crippen LogP contribution in [0, 0.1) is 10.1 Å². The number of ether oxygens (including phenoxy) is 3. The number of aliphatic hydroxyl groups is 2. The van der Waals surface area contributed by atoms with Gasteiger partial charge in [-0.15, -0.1) is 0 Å². The van der Waals surface area contributed by atoms with Crippen LogP contribution >= 0.6 is 0 Å². The number of aromatic nitrogens is 4. The summed E-state index contributed by atoms with van der Waals surface area (Å²) in [6, 6.07) is 3.21. The van der Waals surface area contributed by atoms with Crippen molar-refractivity contribution in [2.24, 2.45) is 0 Å². The van der Waals surface area contributed by atoms with Crippen LogP contribution in [0.3, 0.4) is 0 Å². The van der Waals surface area contributed by atoms with Crippen molar-refractivity contribution in [3.8, 4) is 5.75 Å². The van der Waals surface area contributed by atoms with Crippen LogP contribution in [0.4, 0.5) is 11.5 Å². The molecule has 0 unspecified atom stereocenters. The molecule has 1 aliphatic heterocycles. The molecule has 2 aromatic heterocycles. The Balaban J connectivity index is 1.61. The molecule has 1 aromatic carbocycles. The van der Waals surface area contributed by atoms with Crippen LogP contribution in [0.15, 0.2) is 35.7 Å². The molecule has 0 aliphatic carbocycles. The fourth-order valence-electron chi connectivity index (χ4n) is 4.59. The van der Waals surface area contributed by atoms with E-state index >= 15 is 0 Å². The Bertz CT molecular complexity index is 1550. The first-order chi connectivity index (χ1) is 20.0. The van der Waals surface area contributed by atoms with Gasteiger partial charge in [-0.3, -0.25) is 19.5 Å². The maximum Gasteiger partial charge on any atom is 0.312 e. The lowest BCUT2D eigenvalue weighted by Crippen LogP contribution is -2.43. The summed E-state index contributed by atoms with van der Waals surface area (Å²) in [5, 5.41) is 33.3. The van der Waals surface area contributed by atoms with E-state index in [0.717, 1.165) is 16.4 Å². The van der Waals surface area contributed by atoms with Crippen LogP contribution in [0.1, 0.15) is 32.4 Å². The smallest absolute Gasteiger partial charge is 0.312 e. The minimum Gasteiger partial charge on any atom is -0.490 e. The number of nitrogen functional groups attached to an aromatic ring is 1. The Morgan fingerprint density at radius 3 is 2.69 bits per heavy atom. The molecule has 18 heteroatoms. The molecule has 0 bridgehead atoms. The summed E-state index contributed by atoms with van der Waals surface area (Å²) < 4.78 is 45.7. The number of nitrogens with two attached hydrogens (primary N) is 1. The van der Waals surface area contributed by atoms with Gasteiger partial charge in [0.1, 0.15) is 30.2 Å². The number of sulfonamides is 1. The fourth-order valence-corrected chi connectivity index (χ4v) is 6.10. The third kappa shape index (κ3) is 6.26. The molecular formula is C24H31N7O10S. The maximum absolute atomic E-state index is 13.8. The first-order valence-electron chi connectivity index (χ1n) is 12.9. The quantitative estimate of drug-likeness (QED) is 0.103. The number of fused-ring (bicyclic) bond motifs is 1. The largest absolute Gasteiger partial charge is 0.490 e. The number of carbonyl (C=O) groups is 1. The van der Waals surface area contributed by atoms with E-state index in [-0.39, 0.29) is 55.1 Å². The van der Waals surface area contributed by atoms with Gasteiger partial charge in [0.15, 0.2) is 23.4 Å². The summed E-state index contributed by atoms with van der Waals surface area (Å²) in [7, 11) is -3.19. The van der Waals surface area contributed by atoms with Gasteiger partial charge in [-0.2, -0.15) is 4.31 Å². The van der Waals surface area contributed by atoms with Gasteiger partial charge < -0.3 is 30.2 Å². The van der Waals surface area contributed by atoms with E-state index in [4.69, 9.17) is 19.9 Å². The standard InChI is InChI=1S/C24H31N7O10S/c1-3-40-18(32)6-4-5-9-29(42(37,38)14-7-8-16(39-2)15(10-14)31(35)36)11-17-20(33)21(34)24(41-17)30-13-28-19-22(25)26-12-27-23(19)30/h7-8,10,12-13,17,20-21,24,33-34H,3-6,9,11H2,1-2H3,(H2,25,26,27)/t17-,20-,21-,24-/m1/s1. The summed E-state index contributed by atoms with van der Waals surface area (Å²) in [6.07, 6.45) is -2.40. The molecule has 0 radical (unpaired) electrons. The Kier molecular flexibility index (Phi) is 9.52. The lowest BCUT2D eigenvalue weighted by atomic mass is 10.1. The number of methoxy groups -OCH3 is 1. The Morgan fingerprint density at radius 1 is 1.24 bits per heavy atom. The number of unbranched alkanes of at least 4 members (excludes halogenated alkanes) is 1. The van der Waals surface area contributed by atoms with Crippen LogP contribution in [-0.2, 0) is 24.3 Å². The number of carbonyl (C=O) groups excluding carboxylic acids is 1. The van der Waals surface area contributed by atoms with Crippen LogP contribution in [0.5, 0.6) is 5.75 Å². The van der Waals surface area contributed by atoms with E-state index in [1.807, 2.05) is 0 Å². The molecule has 1 aliphatic rings. The van der Waals surface area contributed by atoms with Gasteiger partial charge in [0.25, 0.3) is 0 Å². The van der Waals surface area contributed by atoms with Gasteiger partial charge >= 0.3 is 11.7 Å². The third-order valence-electron chi connectivity index (χ3n) is 6.71. The van der Waals surface area contributed by atoms with Crippen LogP contribution in [0.25, 0.3) is 11.2 Å². The molecule has 228 valence electrons. The Labute approximate surface area is 240 Å². The first kappa shape index (κ1) is 31.0. The molecule has 42 heavy (non-hydrogen) atoms. The van der Waals surface area contributed by atoms with Crippen LogP contribution in [-0.4, -0.2) is 98.5 Å². The molecule has 3 aromatic rings. The van der Waals surface area contributed by atoms with Crippen LogP contribution < -0.4 is 10.5 Å². The van der Waals surface area contributed by atoms with Gasteiger partial charge in [-0.05, 0) is 31.9 Å². The lowest BCUT2D eigenvalue weighted by Gasteiger charge is -2.26. The molecule has 1 saturated heterocycles. The molecule has 0 saturated carbocycles. The molecule has 4 atom stereocenters. The van der Waals surface area contributed by atoms with Crippen molar-refractivity contribution in [3.05, 3.63) is 41.0 Å². The number of nitrogens with zero attached hydrogens (tertiary/aromatic N) is 6. The third-order valence-corrected chi connectivity index (χ3v) is 8.57. The second-order valence-electron chi connectivity index (χ2n) is 9.35.